The normalized spacial score (nSPS) is 14.2. The Balaban J connectivity index is 1.90. The quantitative estimate of drug-likeness (QED) is 0.773. The lowest BCUT2D eigenvalue weighted by atomic mass is 10.1. The van der Waals surface area contributed by atoms with Crippen molar-refractivity contribution >= 4 is 5.91 Å². The van der Waals surface area contributed by atoms with Gasteiger partial charge in [0.05, 0.1) is 24.8 Å². The number of amides is 1. The summed E-state index contributed by atoms with van der Waals surface area (Å²) in [5.41, 5.74) is 2.17. The molecule has 0 radical (unpaired) electrons. The van der Waals surface area contributed by atoms with Crippen LogP contribution in [0.2, 0.25) is 0 Å². The summed E-state index contributed by atoms with van der Waals surface area (Å²) in [7, 11) is 1.68. The topological polar surface area (TPSA) is 68.3 Å². The Morgan fingerprint density at radius 3 is 2.95 bits per heavy atom. The standard InChI is InChI=1S/C14H15N3O3/c1-9-4-6-20-12(9)14(19)17-5-3-10-11(7-17)15-8-16(2)13(10)18/h4,6,8H,3,5,7H2,1-2H3. The van der Waals surface area contributed by atoms with E-state index in [1.54, 1.807) is 18.0 Å². The number of rotatable bonds is 1. The van der Waals surface area contributed by atoms with Gasteiger partial charge in [0, 0.05) is 24.7 Å². The minimum atomic E-state index is -0.152. The van der Waals surface area contributed by atoms with E-state index in [4.69, 9.17) is 4.42 Å². The zero-order valence-corrected chi connectivity index (χ0v) is 11.4. The molecule has 0 spiro atoms. The Morgan fingerprint density at radius 2 is 2.25 bits per heavy atom. The maximum Gasteiger partial charge on any atom is 0.290 e. The molecule has 0 N–H and O–H groups in total. The highest BCUT2D eigenvalue weighted by Gasteiger charge is 2.27. The van der Waals surface area contributed by atoms with Gasteiger partial charge in [0.15, 0.2) is 5.76 Å². The first kappa shape index (κ1) is 12.7. The van der Waals surface area contributed by atoms with Gasteiger partial charge < -0.3 is 13.9 Å². The second kappa shape index (κ2) is 4.63. The minimum absolute atomic E-state index is 0.0312. The molecule has 6 nitrogen and oxygen atoms in total. The van der Waals surface area contributed by atoms with Crippen LogP contribution in [0, 0.1) is 6.92 Å². The van der Waals surface area contributed by atoms with E-state index < -0.39 is 0 Å². The van der Waals surface area contributed by atoms with E-state index in [0.29, 0.717) is 36.5 Å². The lowest BCUT2D eigenvalue weighted by molar-refractivity contribution is 0.0697. The van der Waals surface area contributed by atoms with Gasteiger partial charge >= 0.3 is 0 Å². The summed E-state index contributed by atoms with van der Waals surface area (Å²) in [4.78, 5) is 30.3. The highest BCUT2D eigenvalue weighted by Crippen LogP contribution is 2.18. The van der Waals surface area contributed by atoms with Gasteiger partial charge in [-0.1, -0.05) is 0 Å². The Hall–Kier alpha value is -2.37. The highest BCUT2D eigenvalue weighted by molar-refractivity contribution is 5.92. The number of carbonyl (C=O) groups is 1. The first-order valence-electron chi connectivity index (χ1n) is 6.44. The predicted molar refractivity (Wildman–Crippen MR) is 71.4 cm³/mol. The minimum Gasteiger partial charge on any atom is -0.459 e. The molecule has 1 amide bonds. The molecule has 1 aliphatic rings. The van der Waals surface area contributed by atoms with Crippen LogP contribution in [-0.4, -0.2) is 26.9 Å². The number of aryl methyl sites for hydroxylation is 2. The van der Waals surface area contributed by atoms with E-state index in [9.17, 15) is 9.59 Å². The van der Waals surface area contributed by atoms with Crippen LogP contribution in [-0.2, 0) is 20.0 Å². The summed E-state index contributed by atoms with van der Waals surface area (Å²) in [6.07, 6.45) is 3.53. The molecule has 20 heavy (non-hydrogen) atoms. The van der Waals surface area contributed by atoms with Crippen LogP contribution in [0.1, 0.15) is 27.4 Å². The molecular weight excluding hydrogens is 258 g/mol. The van der Waals surface area contributed by atoms with Gasteiger partial charge in [0.2, 0.25) is 0 Å². The van der Waals surface area contributed by atoms with E-state index in [-0.39, 0.29) is 11.5 Å². The SMILES string of the molecule is Cc1ccoc1C(=O)N1CCc2c(ncn(C)c2=O)C1. The molecule has 3 heterocycles. The smallest absolute Gasteiger partial charge is 0.290 e. The third-order valence-electron chi connectivity index (χ3n) is 3.63. The number of aromatic nitrogens is 2. The molecule has 3 rings (SSSR count). The average Bonchev–Trinajstić information content (AvgIpc) is 2.88. The summed E-state index contributed by atoms with van der Waals surface area (Å²) in [5, 5.41) is 0. The van der Waals surface area contributed by atoms with Crippen LogP contribution in [0.15, 0.2) is 27.9 Å². The van der Waals surface area contributed by atoms with Gasteiger partial charge in [0.1, 0.15) is 0 Å². The molecule has 6 heteroatoms. The molecule has 0 aromatic carbocycles. The van der Waals surface area contributed by atoms with E-state index in [1.807, 2.05) is 6.92 Å². The van der Waals surface area contributed by atoms with Crippen molar-refractivity contribution in [2.45, 2.75) is 19.9 Å². The Labute approximate surface area is 115 Å². The first-order valence-corrected chi connectivity index (χ1v) is 6.44. The van der Waals surface area contributed by atoms with Crippen LogP contribution in [0.4, 0.5) is 0 Å². The van der Waals surface area contributed by atoms with Gasteiger partial charge in [-0.2, -0.15) is 0 Å². The Bertz CT molecular complexity index is 730. The molecule has 0 fully saturated rings. The molecule has 0 unspecified atom stereocenters. The third kappa shape index (κ3) is 1.93. The zero-order chi connectivity index (χ0) is 14.3. The first-order chi connectivity index (χ1) is 9.58. The predicted octanol–water partition coefficient (Wildman–Crippen LogP) is 0.880. The van der Waals surface area contributed by atoms with Crippen molar-refractivity contribution in [3.8, 4) is 0 Å². The summed E-state index contributed by atoms with van der Waals surface area (Å²) in [5.74, 6) is 0.206. The van der Waals surface area contributed by atoms with Crippen LogP contribution in [0.5, 0.6) is 0 Å². The van der Waals surface area contributed by atoms with Crippen LogP contribution in [0.3, 0.4) is 0 Å². The largest absolute Gasteiger partial charge is 0.459 e. The van der Waals surface area contributed by atoms with Gasteiger partial charge in [-0.15, -0.1) is 0 Å². The molecule has 2 aromatic rings. The maximum absolute atomic E-state index is 12.4. The van der Waals surface area contributed by atoms with Crippen LogP contribution in [0.25, 0.3) is 0 Å². The highest BCUT2D eigenvalue weighted by atomic mass is 16.3. The molecule has 2 aromatic heterocycles. The van der Waals surface area contributed by atoms with Gasteiger partial charge in [-0.05, 0) is 19.4 Å². The van der Waals surface area contributed by atoms with Gasteiger partial charge in [-0.25, -0.2) is 4.98 Å². The molecule has 0 bridgehead atoms. The number of carbonyl (C=O) groups excluding carboxylic acids is 1. The number of hydrogen-bond donors (Lipinski definition) is 0. The van der Waals surface area contributed by atoms with E-state index >= 15 is 0 Å². The Kier molecular flexibility index (Phi) is 2.93. The average molecular weight is 273 g/mol. The van der Waals surface area contributed by atoms with E-state index in [2.05, 4.69) is 4.98 Å². The van der Waals surface area contributed by atoms with E-state index in [0.717, 1.165) is 5.56 Å². The zero-order valence-electron chi connectivity index (χ0n) is 11.4. The number of fused-ring (bicyclic) bond motifs is 1. The Morgan fingerprint density at radius 1 is 1.45 bits per heavy atom. The summed E-state index contributed by atoms with van der Waals surface area (Å²) in [6.45, 7) is 2.69. The molecule has 104 valence electrons. The molecule has 0 aliphatic carbocycles. The fourth-order valence-electron chi connectivity index (χ4n) is 2.43. The van der Waals surface area contributed by atoms with Crippen molar-refractivity contribution < 1.29 is 9.21 Å². The maximum atomic E-state index is 12.4. The lowest BCUT2D eigenvalue weighted by Crippen LogP contribution is -2.40. The molecule has 1 aliphatic heterocycles. The number of hydrogen-bond acceptors (Lipinski definition) is 4. The van der Waals surface area contributed by atoms with Gasteiger partial charge in [-0.3, -0.25) is 9.59 Å². The monoisotopic (exact) mass is 273 g/mol. The second-order valence-electron chi connectivity index (χ2n) is 5.00. The fourth-order valence-corrected chi connectivity index (χ4v) is 2.43. The molecule has 0 saturated carbocycles. The summed E-state index contributed by atoms with van der Waals surface area (Å²) in [6, 6.07) is 1.76. The van der Waals surface area contributed by atoms with Crippen LogP contribution >= 0.6 is 0 Å². The molecular formula is C14H15N3O3. The van der Waals surface area contributed by atoms with Crippen LogP contribution < -0.4 is 5.56 Å². The molecule has 0 saturated heterocycles. The van der Waals surface area contributed by atoms with Crippen molar-refractivity contribution in [2.24, 2.45) is 7.05 Å². The third-order valence-corrected chi connectivity index (χ3v) is 3.63. The van der Waals surface area contributed by atoms with Crippen molar-refractivity contribution in [2.75, 3.05) is 6.54 Å². The van der Waals surface area contributed by atoms with Crippen molar-refractivity contribution in [1.29, 1.82) is 0 Å². The second-order valence-corrected chi connectivity index (χ2v) is 5.00. The number of furan rings is 1. The van der Waals surface area contributed by atoms with E-state index in [1.165, 1.54) is 17.2 Å². The summed E-state index contributed by atoms with van der Waals surface area (Å²) < 4.78 is 6.70. The fraction of sp³-hybridized carbons (Fsp3) is 0.357. The lowest BCUT2D eigenvalue weighted by Gasteiger charge is -2.27. The van der Waals surface area contributed by atoms with Crippen molar-refractivity contribution in [3.05, 3.63) is 51.6 Å². The number of nitrogens with zero attached hydrogens (tertiary/aromatic N) is 3. The molecule has 0 atom stereocenters. The van der Waals surface area contributed by atoms with Gasteiger partial charge in [0.25, 0.3) is 11.5 Å². The van der Waals surface area contributed by atoms with Crippen molar-refractivity contribution in [3.63, 3.8) is 0 Å². The van der Waals surface area contributed by atoms with Crippen molar-refractivity contribution in [1.82, 2.24) is 14.5 Å². The summed E-state index contributed by atoms with van der Waals surface area (Å²) >= 11 is 0.